The first kappa shape index (κ1) is 17.3. The molecule has 1 aliphatic rings. The number of hydrogen-bond donors (Lipinski definition) is 0. The van der Waals surface area contributed by atoms with Gasteiger partial charge >= 0.3 is 0 Å². The van der Waals surface area contributed by atoms with Gasteiger partial charge in [-0.05, 0) is 26.0 Å². The molecule has 134 valence electrons. The van der Waals surface area contributed by atoms with Crippen LogP contribution in [0.2, 0.25) is 0 Å². The number of likely N-dealkylation sites (tertiary alicyclic amines) is 1. The van der Waals surface area contributed by atoms with Crippen LogP contribution < -0.4 is 9.64 Å². The molecular weight excluding hydrogens is 318 g/mol. The van der Waals surface area contributed by atoms with Crippen molar-refractivity contribution in [2.24, 2.45) is 7.05 Å². The topological polar surface area (TPSA) is 63.5 Å². The number of anilines is 1. The summed E-state index contributed by atoms with van der Waals surface area (Å²) >= 11 is 0. The van der Waals surface area contributed by atoms with Gasteiger partial charge in [-0.2, -0.15) is 5.10 Å². The van der Waals surface area contributed by atoms with E-state index in [0.717, 1.165) is 29.4 Å². The highest BCUT2D eigenvalue weighted by Crippen LogP contribution is 2.27. The third-order valence-corrected chi connectivity index (χ3v) is 4.62. The van der Waals surface area contributed by atoms with E-state index in [1.807, 2.05) is 56.9 Å². The van der Waals surface area contributed by atoms with E-state index in [9.17, 15) is 4.79 Å². The van der Waals surface area contributed by atoms with E-state index in [2.05, 4.69) is 10.1 Å². The summed E-state index contributed by atoms with van der Waals surface area (Å²) in [5.41, 5.74) is 2.38. The average molecular weight is 343 g/mol. The fraction of sp³-hybridized carbons (Fsp3) is 0.500. The first-order valence-electron chi connectivity index (χ1n) is 8.47. The Labute approximate surface area is 148 Å². The minimum atomic E-state index is -0.0240. The van der Waals surface area contributed by atoms with Crippen LogP contribution in [0, 0.1) is 13.8 Å². The molecule has 2 aromatic heterocycles. The van der Waals surface area contributed by atoms with Crippen molar-refractivity contribution in [2.45, 2.75) is 26.4 Å². The van der Waals surface area contributed by atoms with Crippen molar-refractivity contribution in [3.63, 3.8) is 0 Å². The highest BCUT2D eigenvalue weighted by Gasteiger charge is 2.31. The maximum Gasteiger partial charge on any atom is 0.257 e. The fourth-order valence-electron chi connectivity index (χ4n) is 3.24. The molecule has 3 rings (SSSR count). The van der Waals surface area contributed by atoms with E-state index in [0.29, 0.717) is 18.7 Å². The minimum absolute atomic E-state index is 0.0240. The molecule has 0 aromatic carbocycles. The summed E-state index contributed by atoms with van der Waals surface area (Å²) in [6, 6.07) is 3.78. The number of amides is 1. The van der Waals surface area contributed by atoms with Gasteiger partial charge in [0.15, 0.2) is 11.6 Å². The highest BCUT2D eigenvalue weighted by molar-refractivity contribution is 5.96. The number of rotatable bonds is 4. The smallest absolute Gasteiger partial charge is 0.257 e. The Morgan fingerprint density at radius 3 is 2.76 bits per heavy atom. The van der Waals surface area contributed by atoms with Crippen molar-refractivity contribution in [3.8, 4) is 5.75 Å². The van der Waals surface area contributed by atoms with Gasteiger partial charge < -0.3 is 14.5 Å². The van der Waals surface area contributed by atoms with E-state index >= 15 is 0 Å². The zero-order chi connectivity index (χ0) is 18.1. The van der Waals surface area contributed by atoms with Crippen LogP contribution in [0.4, 0.5) is 5.82 Å². The highest BCUT2D eigenvalue weighted by atomic mass is 16.5. The lowest BCUT2D eigenvalue weighted by Gasteiger charge is -2.20. The van der Waals surface area contributed by atoms with Crippen molar-refractivity contribution in [2.75, 3.05) is 32.1 Å². The molecule has 1 amide bonds. The van der Waals surface area contributed by atoms with Gasteiger partial charge in [0.1, 0.15) is 6.10 Å². The molecule has 0 radical (unpaired) electrons. The summed E-state index contributed by atoms with van der Waals surface area (Å²) in [4.78, 5) is 21.0. The lowest BCUT2D eigenvalue weighted by molar-refractivity contribution is 0.0771. The van der Waals surface area contributed by atoms with Crippen molar-refractivity contribution < 1.29 is 9.53 Å². The van der Waals surface area contributed by atoms with E-state index in [4.69, 9.17) is 4.74 Å². The summed E-state index contributed by atoms with van der Waals surface area (Å²) < 4.78 is 7.89. The second kappa shape index (κ2) is 6.74. The molecule has 0 bridgehead atoms. The number of carbonyl (C=O) groups is 1. The number of hydrogen-bond acceptors (Lipinski definition) is 5. The standard InChI is InChI=1S/C18H25N5O2/c1-12-16(13(2)22(5)20-12)18(24)23-10-8-14(11-23)25-15-7-6-9-19-17(15)21(3)4/h6-7,9,14H,8,10-11H2,1-5H3/t14-/m0/s1. The molecule has 0 N–H and O–H groups in total. The van der Waals surface area contributed by atoms with E-state index in [1.54, 1.807) is 10.9 Å². The SMILES string of the molecule is Cc1nn(C)c(C)c1C(=O)N1CC[C@H](Oc2cccnc2N(C)C)C1. The molecule has 1 saturated heterocycles. The first-order chi connectivity index (χ1) is 11.9. The van der Waals surface area contributed by atoms with Crippen LogP contribution in [-0.4, -0.2) is 58.9 Å². The summed E-state index contributed by atoms with van der Waals surface area (Å²) in [5.74, 6) is 1.58. The molecule has 7 heteroatoms. The lowest BCUT2D eigenvalue weighted by atomic mass is 10.2. The summed E-state index contributed by atoms with van der Waals surface area (Å²) in [7, 11) is 5.74. The molecule has 3 heterocycles. The van der Waals surface area contributed by atoms with Gasteiger partial charge in [-0.1, -0.05) is 0 Å². The van der Waals surface area contributed by atoms with Crippen molar-refractivity contribution in [3.05, 3.63) is 35.3 Å². The number of nitrogens with zero attached hydrogens (tertiary/aromatic N) is 5. The molecule has 0 aliphatic carbocycles. The summed E-state index contributed by atoms with van der Waals surface area (Å²) in [6.07, 6.45) is 2.54. The van der Waals surface area contributed by atoms with Gasteiger partial charge in [0.2, 0.25) is 0 Å². The summed E-state index contributed by atoms with van der Waals surface area (Å²) in [5, 5.41) is 4.34. The second-order valence-electron chi connectivity index (χ2n) is 6.67. The van der Waals surface area contributed by atoms with Crippen LogP contribution >= 0.6 is 0 Å². The van der Waals surface area contributed by atoms with Gasteiger partial charge in [0.25, 0.3) is 5.91 Å². The molecule has 1 atom stereocenters. The van der Waals surface area contributed by atoms with Gasteiger partial charge in [0, 0.05) is 46.0 Å². The molecule has 0 saturated carbocycles. The van der Waals surface area contributed by atoms with Crippen molar-refractivity contribution in [1.29, 1.82) is 0 Å². The monoisotopic (exact) mass is 343 g/mol. The Balaban J connectivity index is 1.71. The van der Waals surface area contributed by atoms with Crippen LogP contribution in [-0.2, 0) is 7.05 Å². The Hall–Kier alpha value is -2.57. The number of carbonyl (C=O) groups excluding carboxylic acids is 1. The quantitative estimate of drug-likeness (QED) is 0.847. The van der Waals surface area contributed by atoms with E-state index in [1.165, 1.54) is 0 Å². The maximum atomic E-state index is 12.9. The van der Waals surface area contributed by atoms with Crippen LogP contribution in [0.25, 0.3) is 0 Å². The van der Waals surface area contributed by atoms with Crippen LogP contribution in [0.15, 0.2) is 18.3 Å². The second-order valence-corrected chi connectivity index (χ2v) is 6.67. The van der Waals surface area contributed by atoms with Crippen molar-refractivity contribution in [1.82, 2.24) is 19.7 Å². The van der Waals surface area contributed by atoms with Crippen LogP contribution in [0.5, 0.6) is 5.75 Å². The molecule has 25 heavy (non-hydrogen) atoms. The molecular formula is C18H25N5O2. The zero-order valence-corrected chi connectivity index (χ0v) is 15.5. The molecule has 7 nitrogen and oxygen atoms in total. The predicted molar refractivity (Wildman–Crippen MR) is 96.2 cm³/mol. The van der Waals surface area contributed by atoms with Crippen LogP contribution in [0.3, 0.4) is 0 Å². The fourth-order valence-corrected chi connectivity index (χ4v) is 3.24. The molecule has 0 unspecified atom stereocenters. The molecule has 2 aromatic rings. The predicted octanol–water partition coefficient (Wildman–Crippen LogP) is 1.79. The Bertz CT molecular complexity index is 784. The van der Waals surface area contributed by atoms with Gasteiger partial charge in [-0.3, -0.25) is 9.48 Å². The lowest BCUT2D eigenvalue weighted by Crippen LogP contribution is -2.31. The minimum Gasteiger partial charge on any atom is -0.485 e. The van der Waals surface area contributed by atoms with Crippen molar-refractivity contribution >= 4 is 11.7 Å². The van der Waals surface area contributed by atoms with Gasteiger partial charge in [0.05, 0.1) is 17.8 Å². The Kier molecular flexibility index (Phi) is 4.65. The van der Waals surface area contributed by atoms with Gasteiger partial charge in [-0.15, -0.1) is 0 Å². The number of aromatic nitrogens is 3. The Morgan fingerprint density at radius 2 is 2.12 bits per heavy atom. The zero-order valence-electron chi connectivity index (χ0n) is 15.5. The number of aryl methyl sites for hydroxylation is 2. The number of pyridine rings is 1. The molecule has 1 aliphatic heterocycles. The maximum absolute atomic E-state index is 12.9. The molecule has 1 fully saturated rings. The number of ether oxygens (including phenoxy) is 1. The third-order valence-electron chi connectivity index (χ3n) is 4.62. The normalized spacial score (nSPS) is 17.0. The third kappa shape index (κ3) is 3.31. The van der Waals surface area contributed by atoms with Crippen LogP contribution in [0.1, 0.15) is 28.2 Å². The average Bonchev–Trinajstić information content (AvgIpc) is 3.12. The largest absolute Gasteiger partial charge is 0.485 e. The van der Waals surface area contributed by atoms with E-state index in [-0.39, 0.29) is 12.0 Å². The van der Waals surface area contributed by atoms with Gasteiger partial charge in [-0.25, -0.2) is 4.98 Å². The summed E-state index contributed by atoms with van der Waals surface area (Å²) in [6.45, 7) is 5.07. The Morgan fingerprint density at radius 1 is 1.36 bits per heavy atom. The van der Waals surface area contributed by atoms with E-state index < -0.39 is 0 Å². The first-order valence-corrected chi connectivity index (χ1v) is 8.47. The molecule has 0 spiro atoms.